The van der Waals surface area contributed by atoms with E-state index in [2.05, 4.69) is 58.3 Å². The third-order valence-corrected chi connectivity index (χ3v) is 4.07. The number of rotatable bonds is 4. The van der Waals surface area contributed by atoms with Gasteiger partial charge in [-0.2, -0.15) is 4.68 Å². The molecule has 2 heterocycles. The van der Waals surface area contributed by atoms with E-state index in [-0.39, 0.29) is 0 Å². The van der Waals surface area contributed by atoms with Crippen molar-refractivity contribution in [1.82, 2.24) is 19.6 Å². The number of nitrogens with zero attached hydrogens (tertiary/aromatic N) is 4. The lowest BCUT2D eigenvalue weighted by Gasteiger charge is -2.09. The molecule has 2 aromatic heterocycles. The van der Waals surface area contributed by atoms with Crippen LogP contribution >= 0.6 is 0 Å². The third kappa shape index (κ3) is 1.99. The largest absolute Gasteiger partial charge is 0.332 e. The molecule has 0 aliphatic rings. The van der Waals surface area contributed by atoms with E-state index in [1.165, 1.54) is 17.2 Å². The van der Waals surface area contributed by atoms with Crippen molar-refractivity contribution >= 4 is 21.8 Å². The topological polar surface area (TPSA) is 35.6 Å². The zero-order chi connectivity index (χ0) is 14.9. The minimum Gasteiger partial charge on any atom is -0.332 e. The summed E-state index contributed by atoms with van der Waals surface area (Å²) in [4.78, 5) is 0. The molecule has 0 saturated heterocycles. The Morgan fingerprint density at radius 1 is 1.00 bits per heavy atom. The molecule has 0 atom stereocenters. The number of aromatic nitrogens is 4. The normalized spacial score (nSPS) is 11.5. The van der Waals surface area contributed by atoms with Crippen LogP contribution in [0.15, 0.2) is 54.7 Å². The summed E-state index contributed by atoms with van der Waals surface area (Å²) in [5.74, 6) is 1.11. The smallest absolute Gasteiger partial charge is 0.144 e. The fourth-order valence-corrected chi connectivity index (χ4v) is 2.96. The van der Waals surface area contributed by atoms with Crippen LogP contribution in [0.1, 0.15) is 19.8 Å². The van der Waals surface area contributed by atoms with Gasteiger partial charge in [0, 0.05) is 23.5 Å². The molecule has 0 N–H and O–H groups in total. The molecule has 0 bridgehead atoms. The Labute approximate surface area is 129 Å². The molecule has 0 fully saturated rings. The van der Waals surface area contributed by atoms with E-state index in [4.69, 9.17) is 0 Å². The minimum atomic E-state index is 0.926. The number of unbranched alkanes of at least 4 members (excludes halogenated alkanes) is 1. The van der Waals surface area contributed by atoms with Gasteiger partial charge in [0.1, 0.15) is 11.3 Å². The van der Waals surface area contributed by atoms with E-state index in [1.54, 1.807) is 0 Å². The van der Waals surface area contributed by atoms with Crippen molar-refractivity contribution in [2.45, 2.75) is 26.3 Å². The number of fused-ring (bicyclic) bond motifs is 2. The van der Waals surface area contributed by atoms with Crippen LogP contribution in [-0.4, -0.2) is 19.6 Å². The first kappa shape index (κ1) is 13.1. The van der Waals surface area contributed by atoms with Crippen LogP contribution in [0.3, 0.4) is 0 Å². The fourth-order valence-electron chi connectivity index (χ4n) is 2.96. The molecule has 4 heteroatoms. The van der Waals surface area contributed by atoms with Crippen molar-refractivity contribution in [3.05, 3.63) is 54.7 Å². The molecule has 2 aromatic carbocycles. The Hall–Kier alpha value is -2.62. The highest BCUT2D eigenvalue weighted by molar-refractivity contribution is 5.91. The van der Waals surface area contributed by atoms with Gasteiger partial charge in [-0.3, -0.25) is 0 Å². The van der Waals surface area contributed by atoms with Crippen molar-refractivity contribution in [2.24, 2.45) is 0 Å². The fraction of sp³-hybridized carbons (Fsp3) is 0.222. The van der Waals surface area contributed by atoms with Gasteiger partial charge in [-0.05, 0) is 18.6 Å². The van der Waals surface area contributed by atoms with Crippen LogP contribution in [0.5, 0.6) is 0 Å². The summed E-state index contributed by atoms with van der Waals surface area (Å²) in [5, 5.41) is 11.2. The lowest BCUT2D eigenvalue weighted by atomic mass is 10.2. The van der Waals surface area contributed by atoms with Gasteiger partial charge < -0.3 is 4.57 Å². The number of para-hydroxylation sites is 1. The van der Waals surface area contributed by atoms with Crippen LogP contribution < -0.4 is 0 Å². The minimum absolute atomic E-state index is 0.926. The molecule has 4 rings (SSSR count). The first-order valence-electron chi connectivity index (χ1n) is 7.77. The van der Waals surface area contributed by atoms with E-state index < -0.39 is 0 Å². The summed E-state index contributed by atoms with van der Waals surface area (Å²) in [6, 6.07) is 16.6. The molecule has 0 aliphatic carbocycles. The molecule has 0 radical (unpaired) electrons. The van der Waals surface area contributed by atoms with E-state index >= 15 is 0 Å². The van der Waals surface area contributed by atoms with Gasteiger partial charge in [-0.25, -0.2) is 0 Å². The number of hydrogen-bond acceptors (Lipinski definition) is 2. The summed E-state index contributed by atoms with van der Waals surface area (Å²) >= 11 is 0. The number of aryl methyl sites for hydroxylation is 1. The first-order valence-corrected chi connectivity index (χ1v) is 7.77. The van der Waals surface area contributed by atoms with Crippen LogP contribution in [-0.2, 0) is 6.54 Å². The first-order chi connectivity index (χ1) is 10.9. The highest BCUT2D eigenvalue weighted by atomic mass is 15.5. The van der Waals surface area contributed by atoms with Crippen molar-refractivity contribution in [1.29, 1.82) is 0 Å². The highest BCUT2D eigenvalue weighted by Gasteiger charge is 2.14. The van der Waals surface area contributed by atoms with Crippen molar-refractivity contribution in [3.8, 4) is 5.82 Å². The average molecular weight is 290 g/mol. The van der Waals surface area contributed by atoms with Gasteiger partial charge in [-0.1, -0.05) is 55.0 Å². The molecule has 4 nitrogen and oxygen atoms in total. The highest BCUT2D eigenvalue weighted by Crippen LogP contribution is 2.27. The van der Waals surface area contributed by atoms with Crippen LogP contribution in [0, 0.1) is 0 Å². The predicted molar refractivity (Wildman–Crippen MR) is 89.3 cm³/mol. The molecular formula is C18H18N4. The third-order valence-electron chi connectivity index (χ3n) is 4.07. The van der Waals surface area contributed by atoms with Gasteiger partial charge in [0.15, 0.2) is 0 Å². The summed E-state index contributed by atoms with van der Waals surface area (Å²) in [5.41, 5.74) is 1.97. The van der Waals surface area contributed by atoms with Gasteiger partial charge in [0.2, 0.25) is 0 Å². The Morgan fingerprint density at radius 2 is 1.82 bits per heavy atom. The molecule has 0 unspecified atom stereocenters. The Kier molecular flexibility index (Phi) is 3.15. The maximum atomic E-state index is 4.40. The lowest BCUT2D eigenvalue weighted by molar-refractivity contribution is 0.612. The summed E-state index contributed by atoms with van der Waals surface area (Å²) in [7, 11) is 0. The second-order valence-corrected chi connectivity index (χ2v) is 5.58. The Balaban J connectivity index is 1.99. The molecular weight excluding hydrogens is 272 g/mol. The molecule has 22 heavy (non-hydrogen) atoms. The second-order valence-electron chi connectivity index (χ2n) is 5.58. The Morgan fingerprint density at radius 3 is 2.73 bits per heavy atom. The molecule has 0 amide bonds. The standard InChI is InChI=1S/C18H18N4/c1-2-3-12-21-13-14-8-4-5-9-15(14)18(21)22-17-11-7-6-10-16(17)19-20-22/h4-11,13H,2-3,12H2,1H3. The van der Waals surface area contributed by atoms with Crippen LogP contribution in [0.25, 0.3) is 27.6 Å². The zero-order valence-corrected chi connectivity index (χ0v) is 12.6. The second kappa shape index (κ2) is 5.30. The maximum absolute atomic E-state index is 4.40. The zero-order valence-electron chi connectivity index (χ0n) is 12.6. The van der Waals surface area contributed by atoms with Crippen LogP contribution in [0.2, 0.25) is 0 Å². The van der Waals surface area contributed by atoms with Crippen LogP contribution in [0.4, 0.5) is 0 Å². The van der Waals surface area contributed by atoms with E-state index in [9.17, 15) is 0 Å². The van der Waals surface area contributed by atoms with Gasteiger partial charge in [0.25, 0.3) is 0 Å². The SMILES string of the molecule is CCCCn1cc2ccccc2c1-n1nnc2ccccc21. The van der Waals surface area contributed by atoms with Gasteiger partial charge >= 0.3 is 0 Å². The summed E-state index contributed by atoms with van der Waals surface area (Å²) in [6.07, 6.45) is 4.55. The molecule has 0 spiro atoms. The van der Waals surface area contributed by atoms with E-state index in [0.717, 1.165) is 29.8 Å². The van der Waals surface area contributed by atoms with Crippen molar-refractivity contribution < 1.29 is 0 Å². The number of hydrogen-bond donors (Lipinski definition) is 0. The quantitative estimate of drug-likeness (QED) is 0.565. The molecule has 0 aliphatic heterocycles. The molecule has 0 saturated carbocycles. The maximum Gasteiger partial charge on any atom is 0.144 e. The molecule has 110 valence electrons. The Bertz CT molecular complexity index is 932. The van der Waals surface area contributed by atoms with Gasteiger partial charge in [0.05, 0.1) is 5.52 Å². The summed E-state index contributed by atoms with van der Waals surface area (Å²) < 4.78 is 4.27. The monoisotopic (exact) mass is 290 g/mol. The van der Waals surface area contributed by atoms with E-state index in [0.29, 0.717) is 0 Å². The van der Waals surface area contributed by atoms with Crippen molar-refractivity contribution in [2.75, 3.05) is 0 Å². The van der Waals surface area contributed by atoms with Gasteiger partial charge in [-0.15, -0.1) is 5.10 Å². The lowest BCUT2D eigenvalue weighted by Crippen LogP contribution is -2.07. The van der Waals surface area contributed by atoms with E-state index in [1.807, 2.05) is 22.9 Å². The summed E-state index contributed by atoms with van der Waals surface area (Å²) in [6.45, 7) is 3.21. The molecule has 4 aromatic rings. The van der Waals surface area contributed by atoms with Crippen molar-refractivity contribution in [3.63, 3.8) is 0 Å². The average Bonchev–Trinajstić information content (AvgIpc) is 3.13. The predicted octanol–water partition coefficient (Wildman–Crippen LogP) is 4.18. The number of benzene rings is 2.